The van der Waals surface area contributed by atoms with Gasteiger partial charge in [0.25, 0.3) is 5.91 Å². The number of thiophene rings is 1. The van der Waals surface area contributed by atoms with E-state index in [0.29, 0.717) is 24.0 Å². The van der Waals surface area contributed by atoms with Crippen LogP contribution in [0.15, 0.2) is 34.4 Å². The highest BCUT2D eigenvalue weighted by Crippen LogP contribution is 2.12. The predicted molar refractivity (Wildman–Crippen MR) is 75.8 cm³/mol. The average molecular weight is 303 g/mol. The molecule has 108 valence electrons. The smallest absolute Gasteiger partial charge is 0.287 e. The molecule has 1 amide bonds. The zero-order chi connectivity index (χ0) is 14.7. The molecule has 7 nitrogen and oxygen atoms in total. The first-order valence-electron chi connectivity index (χ1n) is 6.32. The van der Waals surface area contributed by atoms with E-state index in [9.17, 15) is 4.79 Å². The topological polar surface area (TPSA) is 85.8 Å². The molecule has 0 aliphatic carbocycles. The lowest BCUT2D eigenvalue weighted by molar-refractivity contribution is 0.0933. The maximum atomic E-state index is 11.9. The van der Waals surface area contributed by atoms with Gasteiger partial charge in [-0.15, -0.1) is 11.3 Å². The third-order valence-electron chi connectivity index (χ3n) is 2.85. The van der Waals surface area contributed by atoms with Crippen LogP contribution < -0.4 is 5.32 Å². The van der Waals surface area contributed by atoms with Crippen molar-refractivity contribution in [3.05, 3.63) is 52.3 Å². The summed E-state index contributed by atoms with van der Waals surface area (Å²) in [5.74, 6) is 1.05. The van der Waals surface area contributed by atoms with Gasteiger partial charge in [0.15, 0.2) is 11.6 Å². The van der Waals surface area contributed by atoms with Crippen molar-refractivity contribution in [2.24, 2.45) is 7.05 Å². The average Bonchev–Trinajstić information content (AvgIpc) is 3.19. The molecule has 0 aliphatic rings. The molecule has 3 rings (SSSR count). The second kappa shape index (κ2) is 5.88. The van der Waals surface area contributed by atoms with Gasteiger partial charge in [-0.1, -0.05) is 11.2 Å². The zero-order valence-electron chi connectivity index (χ0n) is 11.3. The summed E-state index contributed by atoms with van der Waals surface area (Å²) in [4.78, 5) is 21.3. The third kappa shape index (κ3) is 3.16. The van der Waals surface area contributed by atoms with Gasteiger partial charge >= 0.3 is 0 Å². The molecule has 0 aliphatic heterocycles. The maximum Gasteiger partial charge on any atom is 0.287 e. The first-order valence-corrected chi connectivity index (χ1v) is 7.19. The summed E-state index contributed by atoms with van der Waals surface area (Å²) in [6.07, 6.45) is 3.91. The largest absolute Gasteiger partial charge is 0.340 e. The van der Waals surface area contributed by atoms with E-state index in [-0.39, 0.29) is 12.5 Å². The van der Waals surface area contributed by atoms with Gasteiger partial charge in [0.05, 0.1) is 6.54 Å². The zero-order valence-corrected chi connectivity index (χ0v) is 12.1. The summed E-state index contributed by atoms with van der Waals surface area (Å²) < 4.78 is 6.76. The molecule has 0 radical (unpaired) electrons. The number of amides is 1. The van der Waals surface area contributed by atoms with Gasteiger partial charge in [0.2, 0.25) is 5.89 Å². The van der Waals surface area contributed by atoms with Gasteiger partial charge in [-0.3, -0.25) is 4.79 Å². The fraction of sp³-hybridized carbons (Fsp3) is 0.231. The van der Waals surface area contributed by atoms with Gasteiger partial charge < -0.3 is 14.4 Å². The van der Waals surface area contributed by atoms with Gasteiger partial charge in [0, 0.05) is 30.7 Å². The SMILES string of the molecule is Cn1ccnc1C(=O)NCc1nc(Cc2cccs2)no1. The number of aromatic nitrogens is 4. The van der Waals surface area contributed by atoms with Crippen LogP contribution in [0.1, 0.15) is 27.2 Å². The van der Waals surface area contributed by atoms with E-state index in [4.69, 9.17) is 4.52 Å². The van der Waals surface area contributed by atoms with Gasteiger partial charge in [-0.2, -0.15) is 4.98 Å². The second-order valence-corrected chi connectivity index (χ2v) is 5.44. The minimum absolute atomic E-state index is 0.184. The summed E-state index contributed by atoms with van der Waals surface area (Å²) in [7, 11) is 1.76. The molecular formula is C13H13N5O2S. The first kappa shape index (κ1) is 13.5. The highest BCUT2D eigenvalue weighted by atomic mass is 32.1. The lowest BCUT2D eigenvalue weighted by atomic mass is 10.3. The van der Waals surface area contributed by atoms with Crippen LogP contribution in [0.25, 0.3) is 0 Å². The van der Waals surface area contributed by atoms with Crippen molar-refractivity contribution < 1.29 is 9.32 Å². The molecule has 8 heteroatoms. The van der Waals surface area contributed by atoms with E-state index in [0.717, 1.165) is 0 Å². The Labute approximate surface area is 124 Å². The van der Waals surface area contributed by atoms with Crippen molar-refractivity contribution in [3.8, 4) is 0 Å². The van der Waals surface area contributed by atoms with Crippen molar-refractivity contribution in [2.75, 3.05) is 0 Å². The summed E-state index contributed by atoms with van der Waals surface area (Å²) in [6.45, 7) is 0.184. The highest BCUT2D eigenvalue weighted by molar-refractivity contribution is 7.09. The van der Waals surface area contributed by atoms with Gasteiger partial charge in [0.1, 0.15) is 0 Å². The molecule has 0 aromatic carbocycles. The second-order valence-electron chi connectivity index (χ2n) is 4.40. The number of nitrogens with zero attached hydrogens (tertiary/aromatic N) is 4. The summed E-state index contributed by atoms with van der Waals surface area (Å²) in [5.41, 5.74) is 0. The van der Waals surface area contributed by atoms with Gasteiger partial charge in [-0.25, -0.2) is 4.98 Å². The molecule has 0 saturated carbocycles. The molecule has 0 atom stereocenters. The molecule has 0 spiro atoms. The molecule has 0 saturated heterocycles. The number of carbonyl (C=O) groups excluding carboxylic acids is 1. The van der Waals surface area contributed by atoms with Crippen LogP contribution in [0.2, 0.25) is 0 Å². The number of nitrogens with one attached hydrogen (secondary N) is 1. The minimum Gasteiger partial charge on any atom is -0.340 e. The first-order chi connectivity index (χ1) is 10.2. The summed E-state index contributed by atoms with van der Waals surface area (Å²) >= 11 is 1.64. The van der Waals surface area contributed by atoms with E-state index < -0.39 is 0 Å². The van der Waals surface area contributed by atoms with Crippen LogP contribution in [0, 0.1) is 0 Å². The highest BCUT2D eigenvalue weighted by Gasteiger charge is 2.13. The summed E-state index contributed by atoms with van der Waals surface area (Å²) in [6, 6.07) is 4.00. The molecule has 3 aromatic rings. The molecule has 0 fully saturated rings. The Morgan fingerprint density at radius 1 is 1.52 bits per heavy atom. The van der Waals surface area contributed by atoms with Crippen LogP contribution in [-0.2, 0) is 20.0 Å². The lowest BCUT2D eigenvalue weighted by Gasteiger charge is -2.01. The van der Waals surface area contributed by atoms with E-state index in [1.54, 1.807) is 35.3 Å². The predicted octanol–water partition coefficient (Wildman–Crippen LogP) is 1.39. The Hall–Kier alpha value is -2.48. The van der Waals surface area contributed by atoms with Crippen LogP contribution in [0.3, 0.4) is 0 Å². The van der Waals surface area contributed by atoms with E-state index in [1.165, 1.54) is 4.88 Å². The molecule has 1 N–H and O–H groups in total. The monoisotopic (exact) mass is 303 g/mol. The summed E-state index contributed by atoms with van der Waals surface area (Å²) in [5, 5.41) is 8.60. The molecule has 3 heterocycles. The van der Waals surface area contributed by atoms with Crippen LogP contribution in [-0.4, -0.2) is 25.6 Å². The fourth-order valence-corrected chi connectivity index (χ4v) is 2.52. The van der Waals surface area contributed by atoms with Crippen molar-refractivity contribution in [2.45, 2.75) is 13.0 Å². The van der Waals surface area contributed by atoms with Crippen molar-refractivity contribution >= 4 is 17.2 Å². The van der Waals surface area contributed by atoms with E-state index in [2.05, 4.69) is 20.4 Å². The van der Waals surface area contributed by atoms with Gasteiger partial charge in [-0.05, 0) is 11.4 Å². The van der Waals surface area contributed by atoms with Crippen molar-refractivity contribution in [3.63, 3.8) is 0 Å². The number of imidazole rings is 1. The Morgan fingerprint density at radius 2 is 2.43 bits per heavy atom. The quantitative estimate of drug-likeness (QED) is 0.769. The number of hydrogen-bond donors (Lipinski definition) is 1. The van der Waals surface area contributed by atoms with E-state index in [1.807, 2.05) is 17.5 Å². The number of carbonyl (C=O) groups is 1. The normalized spacial score (nSPS) is 10.7. The molecule has 0 unspecified atom stereocenters. The van der Waals surface area contributed by atoms with Crippen LogP contribution >= 0.6 is 11.3 Å². The van der Waals surface area contributed by atoms with Crippen LogP contribution in [0.5, 0.6) is 0 Å². The maximum absolute atomic E-state index is 11.9. The van der Waals surface area contributed by atoms with Crippen LogP contribution in [0.4, 0.5) is 0 Å². The number of aryl methyl sites for hydroxylation is 1. The molecule has 21 heavy (non-hydrogen) atoms. The standard InChI is InChI=1S/C13H13N5O2S/c1-18-5-4-14-12(18)13(19)15-8-11-16-10(17-20-11)7-9-3-2-6-21-9/h2-6H,7-8H2,1H3,(H,15,19). The molecule has 0 bridgehead atoms. The Morgan fingerprint density at radius 3 is 3.14 bits per heavy atom. The Kier molecular flexibility index (Phi) is 3.78. The Bertz CT molecular complexity index is 731. The number of hydrogen-bond acceptors (Lipinski definition) is 6. The molecular weight excluding hydrogens is 290 g/mol. The lowest BCUT2D eigenvalue weighted by Crippen LogP contribution is -2.25. The fourth-order valence-electron chi connectivity index (χ4n) is 1.82. The minimum atomic E-state index is -0.277. The van der Waals surface area contributed by atoms with Crippen molar-refractivity contribution in [1.82, 2.24) is 25.0 Å². The third-order valence-corrected chi connectivity index (χ3v) is 3.72. The molecule has 3 aromatic heterocycles. The van der Waals surface area contributed by atoms with E-state index >= 15 is 0 Å². The number of rotatable bonds is 5. The Balaban J connectivity index is 1.58. The van der Waals surface area contributed by atoms with Crippen molar-refractivity contribution in [1.29, 1.82) is 0 Å².